The average Bonchev–Trinajstić information content (AvgIpc) is 3.55. The molecular weight excluding hydrogens is 767 g/mol. The number of amides is 4. The molecule has 5 rings (SSSR count). The van der Waals surface area contributed by atoms with Gasteiger partial charge in [0.15, 0.2) is 11.5 Å². The fourth-order valence-electron chi connectivity index (χ4n) is 5.88. The van der Waals surface area contributed by atoms with Crippen LogP contribution in [0.4, 0.5) is 15.5 Å². The molecule has 1 aliphatic heterocycles. The summed E-state index contributed by atoms with van der Waals surface area (Å²) in [6.45, 7) is 8.02. The number of thioether (sulfide) groups is 1. The summed E-state index contributed by atoms with van der Waals surface area (Å²) in [7, 11) is 4.46. The third-order valence-electron chi connectivity index (χ3n) is 8.66. The van der Waals surface area contributed by atoms with Gasteiger partial charge in [0.1, 0.15) is 28.1 Å². The number of nitrogens with one attached hydrogen (secondary N) is 3. The number of carbonyl (C=O) groups is 4. The number of hydrogen-bond acceptors (Lipinski definition) is 11. The second-order valence-corrected chi connectivity index (χ2v) is 16.2. The van der Waals surface area contributed by atoms with Gasteiger partial charge < -0.3 is 39.8 Å². The van der Waals surface area contributed by atoms with E-state index in [0.717, 1.165) is 10.4 Å². The lowest BCUT2D eigenvalue weighted by atomic mass is 10.0. The van der Waals surface area contributed by atoms with E-state index in [-0.39, 0.29) is 11.6 Å². The zero-order chi connectivity index (χ0) is 41.3. The fraction of sp³-hybridized carbons (Fsp3) is 0.310. The highest BCUT2D eigenvalue weighted by Crippen LogP contribution is 2.39. The Balaban J connectivity index is 1.33. The molecular formula is C42H45N5O8S2. The molecule has 1 aromatic heterocycles. The Labute approximate surface area is 340 Å². The number of carbonyl (C=O) groups excluding carboxylic acids is 4. The van der Waals surface area contributed by atoms with Crippen LogP contribution in [0.3, 0.4) is 0 Å². The third-order valence-corrected chi connectivity index (χ3v) is 11.1. The molecule has 2 heterocycles. The number of hydrogen-bond donors (Lipinski definition) is 3. The molecule has 0 fully saturated rings. The van der Waals surface area contributed by atoms with Crippen molar-refractivity contribution in [2.75, 3.05) is 38.5 Å². The number of methoxy groups -OCH3 is 3. The van der Waals surface area contributed by atoms with Gasteiger partial charge in [0.25, 0.3) is 11.8 Å². The molecule has 4 amide bonds. The number of thiophene rings is 1. The molecule has 298 valence electrons. The van der Waals surface area contributed by atoms with Crippen LogP contribution in [0.2, 0.25) is 0 Å². The Hall–Kier alpha value is -5.98. The molecule has 0 spiro atoms. The molecule has 0 saturated heterocycles. The van der Waals surface area contributed by atoms with Crippen molar-refractivity contribution in [2.24, 2.45) is 0 Å². The molecule has 4 aromatic rings. The molecule has 0 radical (unpaired) electrons. The van der Waals surface area contributed by atoms with Gasteiger partial charge in [-0.05, 0) is 81.7 Å². The molecule has 57 heavy (non-hydrogen) atoms. The third kappa shape index (κ3) is 10.7. The largest absolute Gasteiger partial charge is 0.496 e. The standard InChI is InChI=1S/C42H45N5O8S2/c1-8-35(39(50)46-40-30(23-43)29-17-18-47(24-36(29)57-40)41(51)55-42(2,3)4)56-28-16-12-15-27(21-28)44-38(49)31(45-37(48)25-13-10-9-11-14-25)19-26-20-33(53-6)34(54-7)22-32(26)52-5/h9-16,19-22,35H,8,17-18,24H2,1-7H3,(H,44,49)(H,45,48)(H,46,50)/b31-19+. The van der Waals surface area contributed by atoms with E-state index in [4.69, 9.17) is 18.9 Å². The van der Waals surface area contributed by atoms with E-state index in [2.05, 4.69) is 22.0 Å². The number of ether oxygens (including phenoxy) is 4. The Morgan fingerprint density at radius 1 is 0.947 bits per heavy atom. The summed E-state index contributed by atoms with van der Waals surface area (Å²) in [5, 5.41) is 18.5. The van der Waals surface area contributed by atoms with Gasteiger partial charge in [0.2, 0.25) is 5.91 Å². The predicted molar refractivity (Wildman–Crippen MR) is 221 cm³/mol. The van der Waals surface area contributed by atoms with Crippen LogP contribution in [0.25, 0.3) is 6.08 Å². The van der Waals surface area contributed by atoms with Gasteiger partial charge in [-0.3, -0.25) is 14.4 Å². The zero-order valence-electron chi connectivity index (χ0n) is 32.8. The minimum absolute atomic E-state index is 0.0700. The molecule has 13 nitrogen and oxygen atoms in total. The first-order chi connectivity index (χ1) is 27.3. The smallest absolute Gasteiger partial charge is 0.410 e. The molecule has 1 atom stereocenters. The number of benzene rings is 3. The summed E-state index contributed by atoms with van der Waals surface area (Å²) in [5.74, 6) is -0.200. The van der Waals surface area contributed by atoms with E-state index in [1.807, 2.05) is 33.8 Å². The van der Waals surface area contributed by atoms with Crippen molar-refractivity contribution in [3.05, 3.63) is 99.6 Å². The van der Waals surface area contributed by atoms with Gasteiger partial charge in [-0.1, -0.05) is 31.2 Å². The highest BCUT2D eigenvalue weighted by molar-refractivity contribution is 8.00. The van der Waals surface area contributed by atoms with E-state index >= 15 is 0 Å². The molecule has 3 N–H and O–H groups in total. The normalized spacial score (nSPS) is 13.0. The summed E-state index contributed by atoms with van der Waals surface area (Å²) < 4.78 is 22.0. The molecule has 0 bridgehead atoms. The fourth-order valence-corrected chi connectivity index (χ4v) is 8.11. The lowest BCUT2D eigenvalue weighted by Gasteiger charge is -2.29. The Morgan fingerprint density at radius 3 is 2.30 bits per heavy atom. The highest BCUT2D eigenvalue weighted by Gasteiger charge is 2.31. The van der Waals surface area contributed by atoms with Crippen molar-refractivity contribution in [2.45, 2.75) is 62.8 Å². The first-order valence-corrected chi connectivity index (χ1v) is 19.8. The van der Waals surface area contributed by atoms with Gasteiger partial charge in [0.05, 0.1) is 38.7 Å². The number of rotatable bonds is 13. The van der Waals surface area contributed by atoms with Crippen molar-refractivity contribution in [3.8, 4) is 23.3 Å². The van der Waals surface area contributed by atoms with Crippen LogP contribution in [-0.2, 0) is 27.3 Å². The minimum atomic E-state index is -0.635. The summed E-state index contributed by atoms with van der Waals surface area (Å²) in [6.07, 6.45) is 2.01. The van der Waals surface area contributed by atoms with Crippen LogP contribution >= 0.6 is 23.1 Å². The summed E-state index contributed by atoms with van der Waals surface area (Å²) in [4.78, 5) is 56.7. The van der Waals surface area contributed by atoms with Crippen molar-refractivity contribution >= 4 is 63.7 Å². The zero-order valence-corrected chi connectivity index (χ0v) is 34.4. The summed E-state index contributed by atoms with van der Waals surface area (Å²) >= 11 is 2.60. The van der Waals surface area contributed by atoms with E-state index in [0.29, 0.717) is 75.5 Å². The van der Waals surface area contributed by atoms with Crippen LogP contribution in [0, 0.1) is 11.3 Å². The van der Waals surface area contributed by atoms with Gasteiger partial charge in [-0.25, -0.2) is 4.79 Å². The van der Waals surface area contributed by atoms with Crippen LogP contribution < -0.4 is 30.2 Å². The van der Waals surface area contributed by atoms with Crippen molar-refractivity contribution in [3.63, 3.8) is 0 Å². The van der Waals surface area contributed by atoms with Crippen LogP contribution in [0.1, 0.15) is 66.0 Å². The first kappa shape index (κ1) is 42.2. The van der Waals surface area contributed by atoms with Crippen LogP contribution in [0.5, 0.6) is 17.2 Å². The Bertz CT molecular complexity index is 2210. The maximum Gasteiger partial charge on any atom is 0.410 e. The van der Waals surface area contributed by atoms with Crippen LogP contribution in [-0.4, -0.2) is 67.4 Å². The monoisotopic (exact) mass is 811 g/mol. The number of anilines is 2. The minimum Gasteiger partial charge on any atom is -0.496 e. The molecule has 15 heteroatoms. The summed E-state index contributed by atoms with van der Waals surface area (Å²) in [5.41, 5.74) is 1.76. The molecule has 1 unspecified atom stereocenters. The Kier molecular flexibility index (Phi) is 13.9. The molecule has 1 aliphatic rings. The average molecular weight is 812 g/mol. The van der Waals surface area contributed by atoms with E-state index in [1.165, 1.54) is 50.5 Å². The maximum absolute atomic E-state index is 13.9. The van der Waals surface area contributed by atoms with Crippen molar-refractivity contribution in [1.29, 1.82) is 5.26 Å². The molecule has 0 saturated carbocycles. The first-order valence-electron chi connectivity index (χ1n) is 18.1. The number of nitriles is 1. The van der Waals surface area contributed by atoms with Gasteiger partial charge >= 0.3 is 6.09 Å². The van der Waals surface area contributed by atoms with Gasteiger partial charge in [0, 0.05) is 39.2 Å². The molecule has 3 aromatic carbocycles. The Morgan fingerprint density at radius 2 is 1.65 bits per heavy atom. The highest BCUT2D eigenvalue weighted by atomic mass is 32.2. The number of nitrogens with zero attached hydrogens (tertiary/aromatic N) is 2. The topological polar surface area (TPSA) is 168 Å². The number of fused-ring (bicyclic) bond motifs is 1. The lowest BCUT2D eigenvalue weighted by Crippen LogP contribution is -2.39. The van der Waals surface area contributed by atoms with Gasteiger partial charge in [-0.15, -0.1) is 23.1 Å². The van der Waals surface area contributed by atoms with Gasteiger partial charge in [-0.2, -0.15) is 5.26 Å². The SMILES string of the molecule is CCC(Sc1cccc(NC(=O)/C(=C\c2cc(OC)c(OC)cc2OC)NC(=O)c2ccccc2)c1)C(=O)Nc1sc2c(c1C#N)CCN(C(=O)OC(C)(C)C)C2. The molecule has 0 aliphatic carbocycles. The lowest BCUT2D eigenvalue weighted by molar-refractivity contribution is -0.116. The van der Waals surface area contributed by atoms with E-state index in [9.17, 15) is 24.4 Å². The van der Waals surface area contributed by atoms with E-state index in [1.54, 1.807) is 65.6 Å². The quantitative estimate of drug-likeness (QED) is 0.0893. The second-order valence-electron chi connectivity index (χ2n) is 13.8. The summed E-state index contributed by atoms with van der Waals surface area (Å²) in [6, 6.07) is 21.0. The second kappa shape index (κ2) is 18.8. The van der Waals surface area contributed by atoms with Crippen LogP contribution in [0.15, 0.2) is 77.3 Å². The van der Waals surface area contributed by atoms with Crippen molar-refractivity contribution < 1.29 is 38.1 Å². The predicted octanol–water partition coefficient (Wildman–Crippen LogP) is 7.86. The van der Waals surface area contributed by atoms with E-state index < -0.39 is 28.8 Å². The van der Waals surface area contributed by atoms with Crippen molar-refractivity contribution in [1.82, 2.24) is 10.2 Å². The maximum atomic E-state index is 13.9.